The summed E-state index contributed by atoms with van der Waals surface area (Å²) in [6.45, 7) is -0.373. The molecule has 1 saturated heterocycles. The second-order valence-electron chi connectivity index (χ2n) is 3.86. The molecule has 1 aliphatic rings. The van der Waals surface area contributed by atoms with Gasteiger partial charge in [0.1, 0.15) is 18.0 Å². The molecule has 2 heterocycles. The van der Waals surface area contributed by atoms with Gasteiger partial charge in [0.2, 0.25) is 0 Å². The van der Waals surface area contributed by atoms with E-state index in [1.165, 1.54) is 12.3 Å². The SMILES string of the molecule is Nc1ccn([C@@H]2O[C@H](CO)[C@@H](O)C2N)c(=O)n1. The van der Waals surface area contributed by atoms with Crippen molar-refractivity contribution < 1.29 is 14.9 Å². The van der Waals surface area contributed by atoms with E-state index in [0.717, 1.165) is 4.57 Å². The maximum atomic E-state index is 11.6. The summed E-state index contributed by atoms with van der Waals surface area (Å²) in [5.41, 5.74) is 10.5. The quantitative estimate of drug-likeness (QED) is 0.446. The molecule has 1 aromatic heterocycles. The molecule has 0 aliphatic carbocycles. The molecule has 8 heteroatoms. The fourth-order valence-electron chi connectivity index (χ4n) is 1.79. The summed E-state index contributed by atoms with van der Waals surface area (Å²) in [6, 6.07) is 0.617. The maximum absolute atomic E-state index is 11.6. The van der Waals surface area contributed by atoms with Crippen molar-refractivity contribution in [2.75, 3.05) is 12.3 Å². The van der Waals surface area contributed by atoms with Gasteiger partial charge in [-0.05, 0) is 6.07 Å². The topological polar surface area (TPSA) is 137 Å². The van der Waals surface area contributed by atoms with Crippen molar-refractivity contribution in [2.24, 2.45) is 5.73 Å². The van der Waals surface area contributed by atoms with E-state index in [9.17, 15) is 9.90 Å². The lowest BCUT2D eigenvalue weighted by atomic mass is 10.1. The number of aliphatic hydroxyl groups excluding tert-OH is 2. The summed E-state index contributed by atoms with van der Waals surface area (Å²) in [5.74, 6) is 0.0945. The number of aliphatic hydroxyl groups is 2. The summed E-state index contributed by atoms with van der Waals surface area (Å²) in [7, 11) is 0. The van der Waals surface area contributed by atoms with E-state index in [4.69, 9.17) is 21.3 Å². The van der Waals surface area contributed by atoms with E-state index in [0.29, 0.717) is 0 Å². The van der Waals surface area contributed by atoms with Crippen LogP contribution in [0, 0.1) is 0 Å². The second-order valence-corrected chi connectivity index (χ2v) is 3.86. The number of nitrogen functional groups attached to an aromatic ring is 1. The number of nitrogens with zero attached hydrogens (tertiary/aromatic N) is 2. The molecule has 1 unspecified atom stereocenters. The van der Waals surface area contributed by atoms with Gasteiger partial charge in [-0.2, -0.15) is 4.98 Å². The van der Waals surface area contributed by atoms with Crippen LogP contribution in [0.1, 0.15) is 6.23 Å². The van der Waals surface area contributed by atoms with Gasteiger partial charge in [0.15, 0.2) is 6.23 Å². The third-order valence-corrected chi connectivity index (χ3v) is 2.72. The number of nitrogens with two attached hydrogens (primary N) is 2. The van der Waals surface area contributed by atoms with Crippen molar-refractivity contribution in [3.05, 3.63) is 22.7 Å². The fourth-order valence-corrected chi connectivity index (χ4v) is 1.79. The Kier molecular flexibility index (Phi) is 3.11. The van der Waals surface area contributed by atoms with Gasteiger partial charge in [-0.3, -0.25) is 4.57 Å². The molecule has 0 aromatic carbocycles. The van der Waals surface area contributed by atoms with Gasteiger partial charge in [0.05, 0.1) is 12.6 Å². The molecule has 94 valence electrons. The lowest BCUT2D eigenvalue weighted by molar-refractivity contribution is -0.0464. The van der Waals surface area contributed by atoms with Crippen molar-refractivity contribution in [3.8, 4) is 0 Å². The van der Waals surface area contributed by atoms with E-state index < -0.39 is 30.2 Å². The van der Waals surface area contributed by atoms with E-state index in [-0.39, 0.29) is 12.4 Å². The lowest BCUT2D eigenvalue weighted by Gasteiger charge is -2.17. The summed E-state index contributed by atoms with van der Waals surface area (Å²) in [6.07, 6.45) is -1.31. The first-order chi connectivity index (χ1) is 8.04. The number of rotatable bonds is 2. The largest absolute Gasteiger partial charge is 0.394 e. The van der Waals surface area contributed by atoms with Crippen LogP contribution in [0.15, 0.2) is 17.1 Å². The molecular formula is C9H14N4O4. The first kappa shape index (κ1) is 12.0. The Balaban J connectivity index is 2.32. The molecule has 8 nitrogen and oxygen atoms in total. The van der Waals surface area contributed by atoms with Crippen molar-refractivity contribution in [3.63, 3.8) is 0 Å². The van der Waals surface area contributed by atoms with Crippen molar-refractivity contribution in [1.29, 1.82) is 0 Å². The van der Waals surface area contributed by atoms with Gasteiger partial charge in [-0.15, -0.1) is 0 Å². The van der Waals surface area contributed by atoms with Gasteiger partial charge in [-0.25, -0.2) is 4.79 Å². The smallest absolute Gasteiger partial charge is 0.351 e. The van der Waals surface area contributed by atoms with E-state index in [1.807, 2.05) is 0 Å². The van der Waals surface area contributed by atoms with Crippen LogP contribution < -0.4 is 17.2 Å². The van der Waals surface area contributed by atoms with Crippen LogP contribution in [0.5, 0.6) is 0 Å². The zero-order valence-corrected chi connectivity index (χ0v) is 8.93. The molecule has 0 bridgehead atoms. The predicted molar refractivity (Wildman–Crippen MR) is 57.9 cm³/mol. The standard InChI is InChI=1S/C9H14N4O4/c10-5-1-2-13(9(16)12-5)8-6(11)7(15)4(3-14)17-8/h1-2,4,6-8,14-15H,3,11H2,(H2,10,12,16)/t4-,6?,7-,8-/m1/s1. The number of aromatic nitrogens is 2. The lowest BCUT2D eigenvalue weighted by Crippen LogP contribution is -2.42. The van der Waals surface area contributed by atoms with E-state index in [2.05, 4.69) is 4.98 Å². The van der Waals surface area contributed by atoms with Crippen LogP contribution in [-0.2, 0) is 4.74 Å². The highest BCUT2D eigenvalue weighted by Crippen LogP contribution is 2.26. The second kappa shape index (κ2) is 4.41. The molecule has 0 radical (unpaired) electrons. The molecule has 0 saturated carbocycles. The number of hydrogen-bond donors (Lipinski definition) is 4. The molecule has 1 fully saturated rings. The van der Waals surface area contributed by atoms with Gasteiger partial charge in [0, 0.05) is 6.20 Å². The highest BCUT2D eigenvalue weighted by Gasteiger charge is 2.42. The van der Waals surface area contributed by atoms with Crippen LogP contribution in [0.4, 0.5) is 5.82 Å². The van der Waals surface area contributed by atoms with E-state index >= 15 is 0 Å². The van der Waals surface area contributed by atoms with Crippen LogP contribution in [0.25, 0.3) is 0 Å². The highest BCUT2D eigenvalue weighted by atomic mass is 16.5. The predicted octanol–water partition coefficient (Wildman–Crippen LogP) is -2.60. The first-order valence-electron chi connectivity index (χ1n) is 5.09. The monoisotopic (exact) mass is 242 g/mol. The average molecular weight is 242 g/mol. The molecule has 0 spiro atoms. The Morgan fingerprint density at radius 2 is 2.29 bits per heavy atom. The number of hydrogen-bond acceptors (Lipinski definition) is 7. The van der Waals surface area contributed by atoms with Gasteiger partial charge < -0.3 is 26.4 Å². The van der Waals surface area contributed by atoms with Gasteiger partial charge in [0.25, 0.3) is 0 Å². The van der Waals surface area contributed by atoms with Crippen LogP contribution in [0.3, 0.4) is 0 Å². The Hall–Kier alpha value is -1.48. The molecule has 4 atom stereocenters. The van der Waals surface area contributed by atoms with Crippen molar-refractivity contribution in [2.45, 2.75) is 24.5 Å². The summed E-state index contributed by atoms with van der Waals surface area (Å²) < 4.78 is 6.44. The van der Waals surface area contributed by atoms with Crippen molar-refractivity contribution >= 4 is 5.82 Å². The molecule has 17 heavy (non-hydrogen) atoms. The molecule has 0 amide bonds. The summed E-state index contributed by atoms with van der Waals surface area (Å²) in [4.78, 5) is 15.1. The number of ether oxygens (including phenoxy) is 1. The fraction of sp³-hybridized carbons (Fsp3) is 0.556. The first-order valence-corrected chi connectivity index (χ1v) is 5.09. The van der Waals surface area contributed by atoms with Crippen LogP contribution in [-0.4, -0.2) is 44.6 Å². The Bertz CT molecular complexity index is 463. The van der Waals surface area contributed by atoms with Gasteiger partial charge in [-0.1, -0.05) is 0 Å². The minimum Gasteiger partial charge on any atom is -0.394 e. The maximum Gasteiger partial charge on any atom is 0.351 e. The molecule has 1 aromatic rings. The Labute approximate surface area is 96.4 Å². The average Bonchev–Trinajstić information content (AvgIpc) is 2.57. The summed E-state index contributed by atoms with van der Waals surface area (Å²) in [5, 5.41) is 18.6. The van der Waals surface area contributed by atoms with Crippen LogP contribution in [0.2, 0.25) is 0 Å². The molecule has 1 aliphatic heterocycles. The highest BCUT2D eigenvalue weighted by molar-refractivity contribution is 5.23. The zero-order chi connectivity index (χ0) is 12.6. The summed E-state index contributed by atoms with van der Waals surface area (Å²) >= 11 is 0. The van der Waals surface area contributed by atoms with Crippen molar-refractivity contribution in [1.82, 2.24) is 9.55 Å². The third-order valence-electron chi connectivity index (χ3n) is 2.72. The van der Waals surface area contributed by atoms with Gasteiger partial charge >= 0.3 is 5.69 Å². The number of anilines is 1. The zero-order valence-electron chi connectivity index (χ0n) is 8.93. The minimum absolute atomic E-state index is 0.0945. The van der Waals surface area contributed by atoms with Crippen LogP contribution >= 0.6 is 0 Å². The normalized spacial score (nSPS) is 32.9. The molecule has 6 N–H and O–H groups in total. The molecule has 2 rings (SSSR count). The van der Waals surface area contributed by atoms with E-state index in [1.54, 1.807) is 0 Å². The molecular weight excluding hydrogens is 228 g/mol. The minimum atomic E-state index is -1.03. The third kappa shape index (κ3) is 2.03. The Morgan fingerprint density at radius 1 is 1.59 bits per heavy atom. The Morgan fingerprint density at radius 3 is 2.82 bits per heavy atom.